The van der Waals surface area contributed by atoms with E-state index in [9.17, 15) is 4.79 Å². The molecule has 2 aromatic carbocycles. The molecule has 1 aliphatic rings. The molecule has 1 aliphatic carbocycles. The Labute approximate surface area is 235 Å². The van der Waals surface area contributed by atoms with E-state index in [0.717, 1.165) is 24.1 Å². The molecular weight excluding hydrogens is 483 g/mol. The quantitative estimate of drug-likeness (QED) is 0.104. The van der Waals surface area contributed by atoms with Gasteiger partial charge in [0.25, 0.3) is 0 Å². The van der Waals surface area contributed by atoms with E-state index in [1.807, 2.05) is 24.3 Å². The molecule has 0 radical (unpaired) electrons. The van der Waals surface area contributed by atoms with Gasteiger partial charge in [-0.2, -0.15) is 0 Å². The van der Waals surface area contributed by atoms with Gasteiger partial charge >= 0.3 is 5.63 Å². The first-order valence-electron chi connectivity index (χ1n) is 16.3. The van der Waals surface area contributed by atoms with Crippen LogP contribution in [0.25, 0.3) is 21.7 Å². The molecule has 214 valence electrons. The maximum absolute atomic E-state index is 15.4. The number of rotatable bonds is 16. The van der Waals surface area contributed by atoms with E-state index in [4.69, 9.17) is 4.42 Å². The van der Waals surface area contributed by atoms with Crippen LogP contribution in [0.15, 0.2) is 39.5 Å². The van der Waals surface area contributed by atoms with Crippen LogP contribution in [0, 0.1) is 11.7 Å². The lowest BCUT2D eigenvalue weighted by molar-refractivity contribution is 0.302. The van der Waals surface area contributed by atoms with Gasteiger partial charge in [-0.05, 0) is 67.6 Å². The Morgan fingerprint density at radius 2 is 1.33 bits per heavy atom. The number of fused-ring (bicyclic) bond motifs is 3. The summed E-state index contributed by atoms with van der Waals surface area (Å²) in [4.78, 5) is 13.0. The van der Waals surface area contributed by atoms with Crippen molar-refractivity contribution in [2.75, 3.05) is 0 Å². The van der Waals surface area contributed by atoms with E-state index in [-0.39, 0.29) is 11.4 Å². The highest BCUT2D eigenvalue weighted by Crippen LogP contribution is 2.39. The molecule has 3 aromatic rings. The van der Waals surface area contributed by atoms with Crippen molar-refractivity contribution in [2.24, 2.45) is 5.92 Å². The van der Waals surface area contributed by atoms with Crippen molar-refractivity contribution >= 4 is 21.7 Å². The lowest BCUT2D eigenvalue weighted by Gasteiger charge is -2.29. The molecule has 0 amide bonds. The molecule has 0 unspecified atom stereocenters. The fraction of sp³-hybridized carbons (Fsp3) is 0.639. The molecule has 1 aromatic heterocycles. The second-order valence-electron chi connectivity index (χ2n) is 12.3. The number of unbranched alkanes of at least 4 members (excludes halogenated alkanes) is 11. The van der Waals surface area contributed by atoms with E-state index >= 15 is 4.39 Å². The summed E-state index contributed by atoms with van der Waals surface area (Å²) < 4.78 is 21.0. The molecule has 0 atom stereocenters. The summed E-state index contributed by atoms with van der Waals surface area (Å²) in [6.45, 7) is 4.49. The molecule has 2 nitrogen and oxygen atoms in total. The van der Waals surface area contributed by atoms with Crippen LogP contribution in [-0.2, 0) is 6.42 Å². The Bertz CT molecular complexity index is 1220. The minimum atomic E-state index is -0.414. The molecular formula is C36H51FO2. The Kier molecular flexibility index (Phi) is 11.9. The molecule has 1 heterocycles. The summed E-state index contributed by atoms with van der Waals surface area (Å²) in [5.41, 5.74) is 1.60. The number of aryl methyl sites for hydroxylation is 1. The largest absolute Gasteiger partial charge is 0.419 e. The Hall–Kier alpha value is -2.16. The fourth-order valence-electron chi connectivity index (χ4n) is 6.74. The van der Waals surface area contributed by atoms with Crippen LogP contribution in [0.2, 0.25) is 0 Å². The van der Waals surface area contributed by atoms with Gasteiger partial charge in [0, 0.05) is 10.8 Å². The van der Waals surface area contributed by atoms with E-state index < -0.39 is 5.63 Å². The topological polar surface area (TPSA) is 30.2 Å². The van der Waals surface area contributed by atoms with Crippen molar-refractivity contribution in [1.82, 2.24) is 0 Å². The third-order valence-electron chi connectivity index (χ3n) is 9.26. The predicted molar refractivity (Wildman–Crippen MR) is 164 cm³/mol. The van der Waals surface area contributed by atoms with Crippen LogP contribution in [-0.4, -0.2) is 0 Å². The summed E-state index contributed by atoms with van der Waals surface area (Å²) >= 11 is 0. The average Bonchev–Trinajstić information content (AvgIpc) is 2.96. The monoisotopic (exact) mass is 534 g/mol. The van der Waals surface area contributed by atoms with Gasteiger partial charge in [-0.15, -0.1) is 0 Å². The van der Waals surface area contributed by atoms with E-state index in [0.29, 0.717) is 28.7 Å². The van der Waals surface area contributed by atoms with Crippen LogP contribution in [0.3, 0.4) is 0 Å². The summed E-state index contributed by atoms with van der Waals surface area (Å²) in [6, 6.07) is 10.1. The zero-order valence-corrected chi connectivity index (χ0v) is 24.7. The lowest BCUT2D eigenvalue weighted by Crippen LogP contribution is -2.14. The zero-order chi connectivity index (χ0) is 27.5. The maximum atomic E-state index is 15.4. The van der Waals surface area contributed by atoms with Crippen LogP contribution >= 0.6 is 0 Å². The van der Waals surface area contributed by atoms with Crippen molar-refractivity contribution in [3.05, 3.63) is 57.7 Å². The summed E-state index contributed by atoms with van der Waals surface area (Å²) in [7, 11) is 0. The highest BCUT2D eigenvalue weighted by atomic mass is 19.1. The standard InChI is InChI=1S/C36H51FO2/c1-3-5-7-9-11-12-14-16-27-18-20-28(21-19-27)30-23-24-31-32-25-22-29(17-15-13-10-8-6-4-2)34(37)35(32)39-36(38)33(31)26-30/h22-28H,3-21H2,1-2H3. The minimum absolute atomic E-state index is 0.120. The van der Waals surface area contributed by atoms with E-state index in [1.165, 1.54) is 108 Å². The Morgan fingerprint density at radius 3 is 2.03 bits per heavy atom. The molecule has 1 saturated carbocycles. The van der Waals surface area contributed by atoms with Crippen molar-refractivity contribution in [1.29, 1.82) is 0 Å². The molecule has 0 N–H and O–H groups in total. The van der Waals surface area contributed by atoms with Crippen LogP contribution in [0.5, 0.6) is 0 Å². The molecule has 0 aliphatic heterocycles. The molecule has 3 heteroatoms. The second kappa shape index (κ2) is 15.6. The normalized spacial score (nSPS) is 17.8. The van der Waals surface area contributed by atoms with Gasteiger partial charge in [0.2, 0.25) is 0 Å². The highest BCUT2D eigenvalue weighted by molar-refractivity contribution is 6.04. The zero-order valence-electron chi connectivity index (χ0n) is 24.7. The SMILES string of the molecule is CCCCCCCCCC1CCC(c2ccc3c(c2)c(=O)oc2c(F)c(CCCCCCCC)ccc23)CC1. The number of hydrogen-bond acceptors (Lipinski definition) is 2. The second-order valence-corrected chi connectivity index (χ2v) is 12.3. The average molecular weight is 535 g/mol. The summed E-state index contributed by atoms with van der Waals surface area (Å²) in [5, 5.41) is 2.11. The lowest BCUT2D eigenvalue weighted by atomic mass is 9.76. The molecule has 4 rings (SSSR count). The number of halogens is 1. The van der Waals surface area contributed by atoms with Crippen LogP contribution < -0.4 is 5.63 Å². The van der Waals surface area contributed by atoms with Crippen molar-refractivity contribution in [2.45, 2.75) is 142 Å². The van der Waals surface area contributed by atoms with Gasteiger partial charge in [-0.1, -0.05) is 122 Å². The minimum Gasteiger partial charge on any atom is -0.419 e. The fourth-order valence-corrected chi connectivity index (χ4v) is 6.74. The first-order valence-corrected chi connectivity index (χ1v) is 16.3. The van der Waals surface area contributed by atoms with Gasteiger partial charge in [-0.3, -0.25) is 0 Å². The molecule has 1 fully saturated rings. The van der Waals surface area contributed by atoms with Crippen molar-refractivity contribution < 1.29 is 8.81 Å². The van der Waals surface area contributed by atoms with Gasteiger partial charge in [0.05, 0.1) is 5.39 Å². The summed E-state index contributed by atoms with van der Waals surface area (Å²) in [6.07, 6.45) is 23.7. The highest BCUT2D eigenvalue weighted by Gasteiger charge is 2.23. The number of hydrogen-bond donors (Lipinski definition) is 0. The van der Waals surface area contributed by atoms with Crippen molar-refractivity contribution in [3.8, 4) is 0 Å². The summed E-state index contributed by atoms with van der Waals surface area (Å²) in [5.74, 6) is 1.01. The first-order chi connectivity index (χ1) is 19.1. The molecule has 0 saturated heterocycles. The van der Waals surface area contributed by atoms with Gasteiger partial charge in [-0.25, -0.2) is 9.18 Å². The smallest absolute Gasteiger partial charge is 0.344 e. The third-order valence-corrected chi connectivity index (χ3v) is 9.26. The maximum Gasteiger partial charge on any atom is 0.344 e. The Morgan fingerprint density at radius 1 is 0.718 bits per heavy atom. The Balaban J connectivity index is 1.35. The molecule has 0 spiro atoms. The van der Waals surface area contributed by atoms with Crippen LogP contribution in [0.1, 0.15) is 146 Å². The van der Waals surface area contributed by atoms with E-state index in [1.54, 1.807) is 0 Å². The predicted octanol–water partition coefficient (Wildman–Crippen LogP) is 11.4. The first kappa shape index (κ1) is 29.8. The molecule has 0 bridgehead atoms. The molecule has 39 heavy (non-hydrogen) atoms. The van der Waals surface area contributed by atoms with Gasteiger partial charge in [0.1, 0.15) is 0 Å². The van der Waals surface area contributed by atoms with Crippen molar-refractivity contribution in [3.63, 3.8) is 0 Å². The van der Waals surface area contributed by atoms with Gasteiger partial charge < -0.3 is 4.42 Å². The number of benzene rings is 2. The van der Waals surface area contributed by atoms with Crippen LogP contribution in [0.4, 0.5) is 4.39 Å². The van der Waals surface area contributed by atoms with Gasteiger partial charge in [0.15, 0.2) is 11.4 Å². The van der Waals surface area contributed by atoms with E-state index in [2.05, 4.69) is 19.9 Å². The third kappa shape index (κ3) is 8.18.